The van der Waals surface area contributed by atoms with Crippen molar-refractivity contribution in [3.8, 4) is 0 Å². The normalized spacial score (nSPS) is 12.2. The molecule has 0 saturated carbocycles. The zero-order chi connectivity index (χ0) is 29.4. The van der Waals surface area contributed by atoms with Crippen LogP contribution in [0.2, 0.25) is 0 Å². The summed E-state index contributed by atoms with van der Waals surface area (Å²) in [5.41, 5.74) is 3.85. The fourth-order valence-corrected chi connectivity index (χ4v) is 5.76. The largest absolute Gasteiger partial charge is 0.354 e. The van der Waals surface area contributed by atoms with Gasteiger partial charge in [-0.05, 0) is 60.2 Å². The van der Waals surface area contributed by atoms with Gasteiger partial charge in [-0.1, -0.05) is 84.4 Å². The molecule has 2 amide bonds. The summed E-state index contributed by atoms with van der Waals surface area (Å²) in [5, 5.41) is 2.99. The molecule has 0 aliphatic heterocycles. The smallest absolute Gasteiger partial charge is 0.244 e. The van der Waals surface area contributed by atoms with Crippen molar-refractivity contribution >= 4 is 43.5 Å². The molecule has 1 N–H and O–H groups in total. The number of amides is 2. The molecular formula is C31H38BrN3O4S. The summed E-state index contributed by atoms with van der Waals surface area (Å²) in [5.74, 6) is -0.522. The van der Waals surface area contributed by atoms with Crippen LogP contribution in [-0.4, -0.2) is 50.5 Å². The lowest BCUT2D eigenvalue weighted by molar-refractivity contribution is -0.140. The highest BCUT2D eigenvalue weighted by Crippen LogP contribution is 2.26. The van der Waals surface area contributed by atoms with Crippen LogP contribution in [0.1, 0.15) is 36.1 Å². The zero-order valence-corrected chi connectivity index (χ0v) is 26.1. The Bertz CT molecular complexity index is 1430. The number of hydrogen-bond donors (Lipinski definition) is 1. The molecule has 3 rings (SSSR count). The quantitative estimate of drug-likeness (QED) is 0.297. The van der Waals surface area contributed by atoms with Gasteiger partial charge in [0.25, 0.3) is 0 Å². The summed E-state index contributed by atoms with van der Waals surface area (Å²) in [6, 6.07) is 21.6. The van der Waals surface area contributed by atoms with Crippen molar-refractivity contribution in [3.05, 3.63) is 99.5 Å². The van der Waals surface area contributed by atoms with Gasteiger partial charge in [-0.15, -0.1) is 0 Å². The fourth-order valence-electron chi connectivity index (χ4n) is 4.41. The summed E-state index contributed by atoms with van der Waals surface area (Å²) in [6.07, 6.45) is 1.38. The third-order valence-corrected chi connectivity index (χ3v) is 8.34. The molecule has 0 heterocycles. The third kappa shape index (κ3) is 8.66. The van der Waals surface area contributed by atoms with Crippen LogP contribution < -0.4 is 9.62 Å². The van der Waals surface area contributed by atoms with Gasteiger partial charge in [-0.3, -0.25) is 13.9 Å². The predicted molar refractivity (Wildman–Crippen MR) is 165 cm³/mol. The van der Waals surface area contributed by atoms with Crippen LogP contribution >= 0.6 is 15.9 Å². The van der Waals surface area contributed by atoms with Crippen LogP contribution in [0.15, 0.2) is 77.3 Å². The number of carbonyl (C=O) groups excluding carboxylic acids is 2. The number of aryl methyl sites for hydroxylation is 1. The molecule has 214 valence electrons. The number of nitrogens with zero attached hydrogens (tertiary/aromatic N) is 2. The number of rotatable bonds is 12. The van der Waals surface area contributed by atoms with E-state index in [9.17, 15) is 18.0 Å². The van der Waals surface area contributed by atoms with Gasteiger partial charge in [0.1, 0.15) is 12.6 Å². The molecule has 3 aromatic rings. The fraction of sp³-hybridized carbons (Fsp3) is 0.355. The summed E-state index contributed by atoms with van der Waals surface area (Å²) in [7, 11) is -3.81. The Kier molecular flexibility index (Phi) is 10.9. The second-order valence-electron chi connectivity index (χ2n) is 10.5. The Hall–Kier alpha value is -3.17. The van der Waals surface area contributed by atoms with Gasteiger partial charge in [-0.25, -0.2) is 8.42 Å². The molecule has 0 unspecified atom stereocenters. The highest BCUT2D eigenvalue weighted by atomic mass is 79.9. The van der Waals surface area contributed by atoms with Gasteiger partial charge in [0, 0.05) is 24.0 Å². The summed E-state index contributed by atoms with van der Waals surface area (Å²) >= 11 is 3.49. The lowest BCUT2D eigenvalue weighted by Gasteiger charge is -2.34. The number of benzene rings is 3. The molecule has 0 spiro atoms. The standard InChI is InChI=1S/C31H38BrN3O4S/c1-22(2)19-33-31(37)29(18-25-12-7-6-8-13-25)34(20-26-14-10-15-27(32)17-26)30(36)21-35(40(5,38)39)28-16-9-11-23(3)24(28)4/h6-17,22,29H,18-21H2,1-5H3,(H,33,37)/t29-/m0/s1. The first-order valence-electron chi connectivity index (χ1n) is 13.3. The highest BCUT2D eigenvalue weighted by Gasteiger charge is 2.33. The summed E-state index contributed by atoms with van der Waals surface area (Å²) < 4.78 is 28.0. The summed E-state index contributed by atoms with van der Waals surface area (Å²) in [6.45, 7) is 7.91. The van der Waals surface area contributed by atoms with Crippen molar-refractivity contribution < 1.29 is 18.0 Å². The minimum absolute atomic E-state index is 0.134. The SMILES string of the molecule is Cc1cccc(N(CC(=O)N(Cc2cccc(Br)c2)[C@@H](Cc2ccccc2)C(=O)NCC(C)C)S(C)(=O)=O)c1C. The van der Waals surface area contributed by atoms with Crippen molar-refractivity contribution in [1.29, 1.82) is 0 Å². The predicted octanol–water partition coefficient (Wildman–Crippen LogP) is 5.24. The van der Waals surface area contributed by atoms with Crippen LogP contribution in [0, 0.1) is 19.8 Å². The van der Waals surface area contributed by atoms with E-state index in [1.54, 1.807) is 12.1 Å². The van der Waals surface area contributed by atoms with Gasteiger partial charge < -0.3 is 10.2 Å². The van der Waals surface area contributed by atoms with Gasteiger partial charge in [-0.2, -0.15) is 0 Å². The Labute approximate surface area is 246 Å². The number of sulfonamides is 1. The Balaban J connectivity index is 2.07. The average molecular weight is 629 g/mol. The lowest BCUT2D eigenvalue weighted by atomic mass is 10.0. The summed E-state index contributed by atoms with van der Waals surface area (Å²) in [4.78, 5) is 29.3. The molecule has 0 radical (unpaired) electrons. The second kappa shape index (κ2) is 13.9. The first kappa shape index (κ1) is 31.4. The first-order chi connectivity index (χ1) is 18.9. The number of nitrogens with one attached hydrogen (secondary N) is 1. The van der Waals surface area contributed by atoms with Crippen LogP contribution in [0.3, 0.4) is 0 Å². The molecule has 1 atom stereocenters. The van der Waals surface area contributed by atoms with E-state index < -0.39 is 28.5 Å². The Morgan fingerprint density at radius 1 is 0.925 bits per heavy atom. The van der Waals surface area contributed by atoms with E-state index >= 15 is 0 Å². The molecule has 9 heteroatoms. The van der Waals surface area contributed by atoms with Gasteiger partial charge in [0.05, 0.1) is 11.9 Å². The first-order valence-corrected chi connectivity index (χ1v) is 15.9. The molecule has 0 aliphatic carbocycles. The van der Waals surface area contributed by atoms with Crippen molar-refractivity contribution in [2.75, 3.05) is 23.7 Å². The minimum Gasteiger partial charge on any atom is -0.354 e. The van der Waals surface area contributed by atoms with Crippen LogP contribution in [-0.2, 0) is 32.6 Å². The molecule has 3 aromatic carbocycles. The van der Waals surface area contributed by atoms with Crippen molar-refractivity contribution in [2.24, 2.45) is 5.92 Å². The Morgan fingerprint density at radius 2 is 1.57 bits per heavy atom. The van der Waals surface area contributed by atoms with E-state index in [1.807, 2.05) is 88.4 Å². The van der Waals surface area contributed by atoms with E-state index in [2.05, 4.69) is 21.2 Å². The molecule has 40 heavy (non-hydrogen) atoms. The van der Waals surface area contributed by atoms with Crippen molar-refractivity contribution in [1.82, 2.24) is 10.2 Å². The van der Waals surface area contributed by atoms with E-state index in [0.29, 0.717) is 12.2 Å². The van der Waals surface area contributed by atoms with Crippen molar-refractivity contribution in [3.63, 3.8) is 0 Å². The van der Waals surface area contributed by atoms with Crippen molar-refractivity contribution in [2.45, 2.75) is 46.7 Å². The maximum Gasteiger partial charge on any atom is 0.244 e. The number of halogens is 1. The van der Waals surface area contributed by atoms with Crippen LogP contribution in [0.25, 0.3) is 0 Å². The molecule has 0 aromatic heterocycles. The maximum absolute atomic E-state index is 14.2. The number of anilines is 1. The number of hydrogen-bond acceptors (Lipinski definition) is 4. The molecule has 7 nitrogen and oxygen atoms in total. The lowest BCUT2D eigenvalue weighted by Crippen LogP contribution is -2.53. The topological polar surface area (TPSA) is 86.8 Å². The van der Waals surface area contributed by atoms with Gasteiger partial charge in [0.2, 0.25) is 21.8 Å². The average Bonchev–Trinajstić information content (AvgIpc) is 2.89. The highest BCUT2D eigenvalue weighted by molar-refractivity contribution is 9.10. The monoisotopic (exact) mass is 627 g/mol. The second-order valence-corrected chi connectivity index (χ2v) is 13.3. The molecule has 0 saturated heterocycles. The van der Waals surface area contributed by atoms with E-state index in [4.69, 9.17) is 0 Å². The molecule has 0 aliphatic rings. The van der Waals surface area contributed by atoms with Gasteiger partial charge in [0.15, 0.2) is 0 Å². The maximum atomic E-state index is 14.2. The minimum atomic E-state index is -3.81. The van der Waals surface area contributed by atoms with E-state index in [-0.39, 0.29) is 24.8 Å². The number of carbonyl (C=O) groups is 2. The third-order valence-electron chi connectivity index (χ3n) is 6.72. The van der Waals surface area contributed by atoms with Gasteiger partial charge >= 0.3 is 0 Å². The zero-order valence-electron chi connectivity index (χ0n) is 23.7. The van der Waals surface area contributed by atoms with Crippen LogP contribution in [0.4, 0.5) is 5.69 Å². The molecular weight excluding hydrogens is 590 g/mol. The Morgan fingerprint density at radius 3 is 2.20 bits per heavy atom. The van der Waals surface area contributed by atoms with E-state index in [1.165, 1.54) is 4.90 Å². The molecule has 0 fully saturated rings. The molecule has 0 bridgehead atoms. The van der Waals surface area contributed by atoms with Crippen LogP contribution in [0.5, 0.6) is 0 Å². The van der Waals surface area contributed by atoms with E-state index in [0.717, 1.165) is 37.3 Å².